The van der Waals surface area contributed by atoms with Crippen molar-refractivity contribution in [3.8, 4) is 0 Å². The molecule has 4 heteroatoms. The molecule has 0 fully saturated rings. The van der Waals surface area contributed by atoms with Crippen molar-refractivity contribution in [2.75, 3.05) is 6.54 Å². The molecule has 3 rings (SSSR count). The van der Waals surface area contributed by atoms with Gasteiger partial charge in [-0.3, -0.25) is 14.5 Å². The van der Waals surface area contributed by atoms with Crippen molar-refractivity contribution < 1.29 is 9.59 Å². The third-order valence-corrected chi connectivity index (χ3v) is 3.52. The van der Waals surface area contributed by atoms with Crippen LogP contribution in [0.15, 0.2) is 54.6 Å². The van der Waals surface area contributed by atoms with Gasteiger partial charge in [0.2, 0.25) is 0 Å². The van der Waals surface area contributed by atoms with Crippen molar-refractivity contribution in [2.24, 2.45) is 0 Å². The molecular weight excluding hydrogens is 261 g/mol. The topological polar surface area (TPSA) is 37.4 Å². The van der Waals surface area contributed by atoms with E-state index in [0.29, 0.717) is 17.7 Å². The lowest BCUT2D eigenvalue weighted by Gasteiger charge is -2.10. The van der Waals surface area contributed by atoms with Crippen LogP contribution in [0, 0.1) is 0 Å². The van der Waals surface area contributed by atoms with Gasteiger partial charge in [0.15, 0.2) is 0 Å². The number of hydrogen-bond donors (Lipinski definition) is 0. The normalized spacial score (nSPS) is 14.0. The maximum atomic E-state index is 12.2. The molecule has 0 saturated heterocycles. The SMILES string of the molecule is Bc1cccc(/C=C/CN2C(=O)c3ccccc3C2=O)c1. The molecule has 0 unspecified atom stereocenters. The molecule has 0 N–H and O–H groups in total. The van der Waals surface area contributed by atoms with Crippen LogP contribution in [-0.4, -0.2) is 31.1 Å². The summed E-state index contributed by atoms with van der Waals surface area (Å²) in [7, 11) is 2.03. The number of nitrogens with zero attached hydrogens (tertiary/aromatic N) is 1. The number of rotatable bonds is 3. The molecule has 0 atom stereocenters. The zero-order valence-corrected chi connectivity index (χ0v) is 11.7. The predicted octanol–water partition coefficient (Wildman–Crippen LogP) is 1.25. The summed E-state index contributed by atoms with van der Waals surface area (Å²) in [5.74, 6) is -0.436. The molecule has 21 heavy (non-hydrogen) atoms. The number of amides is 2. The molecule has 2 aromatic carbocycles. The molecule has 0 saturated carbocycles. The molecule has 1 aliphatic heterocycles. The summed E-state index contributed by atoms with van der Waals surface area (Å²) in [6.07, 6.45) is 3.77. The van der Waals surface area contributed by atoms with E-state index in [-0.39, 0.29) is 11.8 Å². The summed E-state index contributed by atoms with van der Waals surface area (Å²) in [5.41, 5.74) is 3.22. The van der Waals surface area contributed by atoms with Gasteiger partial charge in [0, 0.05) is 6.54 Å². The van der Waals surface area contributed by atoms with E-state index in [0.717, 1.165) is 5.56 Å². The van der Waals surface area contributed by atoms with E-state index >= 15 is 0 Å². The molecule has 0 spiro atoms. The minimum absolute atomic E-state index is 0.218. The molecule has 0 aromatic heterocycles. The second-order valence-corrected chi connectivity index (χ2v) is 5.08. The zero-order chi connectivity index (χ0) is 14.8. The van der Waals surface area contributed by atoms with Crippen molar-refractivity contribution in [1.82, 2.24) is 4.90 Å². The molecule has 2 amide bonds. The van der Waals surface area contributed by atoms with Gasteiger partial charge in [-0.25, -0.2) is 0 Å². The molecule has 0 aliphatic carbocycles. The van der Waals surface area contributed by atoms with Gasteiger partial charge in [-0.15, -0.1) is 0 Å². The van der Waals surface area contributed by atoms with Crippen LogP contribution < -0.4 is 5.46 Å². The van der Waals surface area contributed by atoms with E-state index in [1.807, 2.05) is 38.2 Å². The first kappa shape index (κ1) is 13.4. The lowest BCUT2D eigenvalue weighted by Crippen LogP contribution is -2.29. The lowest BCUT2D eigenvalue weighted by atomic mass is 9.94. The molecule has 102 valence electrons. The van der Waals surface area contributed by atoms with Gasteiger partial charge in [0.25, 0.3) is 11.8 Å². The highest BCUT2D eigenvalue weighted by atomic mass is 16.2. The summed E-state index contributed by atoms with van der Waals surface area (Å²) in [6.45, 7) is 0.292. The van der Waals surface area contributed by atoms with Gasteiger partial charge in [0.1, 0.15) is 7.85 Å². The first-order valence-corrected chi connectivity index (χ1v) is 6.85. The molecule has 3 nitrogen and oxygen atoms in total. The van der Waals surface area contributed by atoms with Crippen LogP contribution in [-0.2, 0) is 0 Å². The maximum Gasteiger partial charge on any atom is 0.261 e. The first-order valence-electron chi connectivity index (χ1n) is 6.85. The van der Waals surface area contributed by atoms with Crippen LogP contribution >= 0.6 is 0 Å². The molecule has 1 aliphatic rings. The predicted molar refractivity (Wildman–Crippen MR) is 85.5 cm³/mol. The monoisotopic (exact) mass is 275 g/mol. The largest absolute Gasteiger partial charge is 0.270 e. The average molecular weight is 275 g/mol. The highest BCUT2D eigenvalue weighted by molar-refractivity contribution is 6.32. The quantitative estimate of drug-likeness (QED) is 0.624. The Balaban J connectivity index is 1.75. The highest BCUT2D eigenvalue weighted by Crippen LogP contribution is 2.22. The van der Waals surface area contributed by atoms with E-state index in [2.05, 4.69) is 6.07 Å². The van der Waals surface area contributed by atoms with Crippen LogP contribution in [0.25, 0.3) is 6.08 Å². The number of imide groups is 1. The third kappa shape index (κ3) is 2.52. The first-order chi connectivity index (χ1) is 10.2. The minimum Gasteiger partial charge on any atom is -0.270 e. The second kappa shape index (κ2) is 5.41. The van der Waals surface area contributed by atoms with Crippen LogP contribution in [0.5, 0.6) is 0 Å². The smallest absolute Gasteiger partial charge is 0.261 e. The van der Waals surface area contributed by atoms with Gasteiger partial charge in [-0.05, 0) is 17.7 Å². The van der Waals surface area contributed by atoms with E-state index in [1.165, 1.54) is 10.4 Å². The van der Waals surface area contributed by atoms with E-state index in [9.17, 15) is 9.59 Å². The summed E-state index contributed by atoms with van der Waals surface area (Å²) in [5, 5.41) is 0. The van der Waals surface area contributed by atoms with Crippen molar-refractivity contribution in [1.29, 1.82) is 0 Å². The fraction of sp³-hybridized carbons (Fsp3) is 0.0588. The average Bonchev–Trinajstić information content (AvgIpc) is 2.73. The summed E-state index contributed by atoms with van der Waals surface area (Å²) in [4.78, 5) is 25.6. The van der Waals surface area contributed by atoms with E-state index < -0.39 is 0 Å². The van der Waals surface area contributed by atoms with Gasteiger partial charge in [-0.1, -0.05) is 54.0 Å². The summed E-state index contributed by atoms with van der Waals surface area (Å²) < 4.78 is 0. The Morgan fingerprint density at radius 3 is 2.24 bits per heavy atom. The van der Waals surface area contributed by atoms with Crippen LogP contribution in [0.1, 0.15) is 26.3 Å². The van der Waals surface area contributed by atoms with Crippen molar-refractivity contribution >= 4 is 31.2 Å². The number of carbonyl (C=O) groups is 2. The third-order valence-electron chi connectivity index (χ3n) is 3.52. The number of hydrogen-bond acceptors (Lipinski definition) is 2. The molecular formula is C17H14BNO2. The zero-order valence-electron chi connectivity index (χ0n) is 11.7. The fourth-order valence-corrected chi connectivity index (χ4v) is 2.47. The van der Waals surface area contributed by atoms with E-state index in [1.54, 1.807) is 24.3 Å². The summed E-state index contributed by atoms with van der Waals surface area (Å²) in [6, 6.07) is 15.0. The Morgan fingerprint density at radius 1 is 0.952 bits per heavy atom. The highest BCUT2D eigenvalue weighted by Gasteiger charge is 2.33. The van der Waals surface area contributed by atoms with Crippen molar-refractivity contribution in [2.45, 2.75) is 0 Å². The lowest BCUT2D eigenvalue weighted by molar-refractivity contribution is 0.0672. The molecule has 0 radical (unpaired) electrons. The number of carbonyl (C=O) groups excluding carboxylic acids is 2. The van der Waals surface area contributed by atoms with Gasteiger partial charge in [-0.2, -0.15) is 0 Å². The van der Waals surface area contributed by atoms with Gasteiger partial charge < -0.3 is 0 Å². The molecule has 1 heterocycles. The standard InChI is InChI=1S/C17H14BNO2/c18-13-7-3-5-12(11-13)6-4-10-19-16(20)14-8-1-2-9-15(14)17(19)21/h1-9,11H,10,18H2/b6-4+. The Bertz CT molecular complexity index is 717. The Morgan fingerprint density at radius 2 is 1.62 bits per heavy atom. The van der Waals surface area contributed by atoms with Crippen LogP contribution in [0.3, 0.4) is 0 Å². The number of fused-ring (bicyclic) bond motifs is 1. The van der Waals surface area contributed by atoms with Crippen LogP contribution in [0.4, 0.5) is 0 Å². The van der Waals surface area contributed by atoms with Crippen LogP contribution in [0.2, 0.25) is 0 Å². The van der Waals surface area contributed by atoms with E-state index in [4.69, 9.17) is 0 Å². The van der Waals surface area contributed by atoms with Gasteiger partial charge in [0.05, 0.1) is 11.1 Å². The molecule has 2 aromatic rings. The van der Waals surface area contributed by atoms with Crippen molar-refractivity contribution in [3.05, 3.63) is 71.3 Å². The Hall–Kier alpha value is -2.62. The number of benzene rings is 2. The Kier molecular flexibility index (Phi) is 3.44. The van der Waals surface area contributed by atoms with Crippen molar-refractivity contribution in [3.63, 3.8) is 0 Å². The Labute approximate surface area is 124 Å². The van der Waals surface area contributed by atoms with Gasteiger partial charge >= 0.3 is 0 Å². The fourth-order valence-electron chi connectivity index (χ4n) is 2.47. The molecule has 0 bridgehead atoms. The summed E-state index contributed by atoms with van der Waals surface area (Å²) >= 11 is 0. The minimum atomic E-state index is -0.218. The maximum absolute atomic E-state index is 12.2. The second-order valence-electron chi connectivity index (χ2n) is 5.08.